The molecule has 260 valence electrons. The Kier molecular flexibility index (Phi) is 6.66. The zero-order valence-electron chi connectivity index (χ0n) is 30.5. The van der Waals surface area contributed by atoms with Crippen LogP contribution in [0.25, 0.3) is 110 Å². The van der Waals surface area contributed by atoms with E-state index in [4.69, 9.17) is 0 Å². The Hall–Kier alpha value is -7.42. The smallest absolute Gasteiger partial charge is 0.0567 e. The topological polar surface area (TPSA) is 9.86 Å². The first-order valence-electron chi connectivity index (χ1n) is 19.4. The predicted molar refractivity (Wildman–Crippen MR) is 239 cm³/mol. The van der Waals surface area contributed by atoms with Crippen molar-refractivity contribution in [2.24, 2.45) is 0 Å². The Morgan fingerprint density at radius 3 is 1.21 bits per heavy atom. The Bertz CT molecular complexity index is 3510. The van der Waals surface area contributed by atoms with Crippen LogP contribution in [0, 0.1) is 0 Å². The molecule has 56 heavy (non-hydrogen) atoms. The number of benzene rings is 10. The lowest BCUT2D eigenvalue weighted by Crippen LogP contribution is -2.01. The van der Waals surface area contributed by atoms with Gasteiger partial charge in [-0.1, -0.05) is 158 Å². The lowest BCUT2D eigenvalue weighted by molar-refractivity contribution is 1.15. The lowest BCUT2D eigenvalue weighted by Gasteiger charge is -2.19. The lowest BCUT2D eigenvalue weighted by atomic mass is 9.92. The largest absolute Gasteiger partial charge is 0.309 e. The van der Waals surface area contributed by atoms with Crippen LogP contribution in [0.15, 0.2) is 206 Å². The summed E-state index contributed by atoms with van der Waals surface area (Å²) in [6.07, 6.45) is 0. The van der Waals surface area contributed by atoms with E-state index in [9.17, 15) is 0 Å². The van der Waals surface area contributed by atoms with Crippen molar-refractivity contribution in [2.75, 3.05) is 0 Å². The SMILES string of the molecule is c1ccc(-c2ccc3c(c2)c2ccccc2n3-c2cc(-n3c4ccccc4c4cc(-c5ccccc5)ccc43)c3c4ccccc4c4ccccc4c3c2)cc1. The Labute approximate surface area is 323 Å². The third kappa shape index (κ3) is 4.50. The highest BCUT2D eigenvalue weighted by Crippen LogP contribution is 2.44. The molecular formula is C54H34N2. The third-order valence-electron chi connectivity index (χ3n) is 11.9. The van der Waals surface area contributed by atoms with Gasteiger partial charge in [-0.2, -0.15) is 0 Å². The highest BCUT2D eigenvalue weighted by Gasteiger charge is 2.21. The molecule has 0 aliphatic heterocycles. The summed E-state index contributed by atoms with van der Waals surface area (Å²) < 4.78 is 5.00. The number of fused-ring (bicyclic) bond motifs is 12. The van der Waals surface area contributed by atoms with E-state index in [1.165, 1.54) is 104 Å². The van der Waals surface area contributed by atoms with Crippen LogP contribution >= 0.6 is 0 Å². The summed E-state index contributed by atoms with van der Waals surface area (Å²) in [7, 11) is 0. The van der Waals surface area contributed by atoms with Gasteiger partial charge in [0.1, 0.15) is 0 Å². The van der Waals surface area contributed by atoms with Crippen LogP contribution in [0.5, 0.6) is 0 Å². The summed E-state index contributed by atoms with van der Waals surface area (Å²) in [5, 5.41) is 12.5. The van der Waals surface area contributed by atoms with Gasteiger partial charge in [-0.15, -0.1) is 0 Å². The first kappa shape index (κ1) is 31.0. The molecule has 0 fully saturated rings. The Morgan fingerprint density at radius 1 is 0.232 bits per heavy atom. The van der Waals surface area contributed by atoms with Gasteiger partial charge in [0, 0.05) is 32.6 Å². The second kappa shape index (κ2) is 12.0. The minimum atomic E-state index is 1.14. The van der Waals surface area contributed by atoms with Crippen molar-refractivity contribution in [1.29, 1.82) is 0 Å². The molecule has 0 spiro atoms. The number of rotatable bonds is 4. The third-order valence-corrected chi connectivity index (χ3v) is 11.9. The summed E-state index contributed by atoms with van der Waals surface area (Å²) in [5.41, 5.74) is 12.0. The number of nitrogens with zero attached hydrogens (tertiary/aromatic N) is 2. The highest BCUT2D eigenvalue weighted by molar-refractivity contribution is 6.28. The normalized spacial score (nSPS) is 11.9. The Morgan fingerprint density at radius 2 is 0.643 bits per heavy atom. The summed E-state index contributed by atoms with van der Waals surface area (Å²) in [5.74, 6) is 0. The van der Waals surface area contributed by atoms with Gasteiger partial charge in [0.25, 0.3) is 0 Å². The van der Waals surface area contributed by atoms with Crippen LogP contribution in [0.4, 0.5) is 0 Å². The molecule has 2 aromatic heterocycles. The molecule has 2 heterocycles. The molecule has 2 heteroatoms. The average Bonchev–Trinajstić information content (AvgIpc) is 3.79. The minimum absolute atomic E-state index is 1.14. The van der Waals surface area contributed by atoms with Crippen LogP contribution in [0.1, 0.15) is 0 Å². The van der Waals surface area contributed by atoms with Gasteiger partial charge >= 0.3 is 0 Å². The monoisotopic (exact) mass is 710 g/mol. The van der Waals surface area contributed by atoms with Gasteiger partial charge in [-0.05, 0) is 97.7 Å². The number of para-hydroxylation sites is 2. The maximum Gasteiger partial charge on any atom is 0.0567 e. The molecule has 0 saturated carbocycles. The van der Waals surface area contributed by atoms with Crippen molar-refractivity contribution in [1.82, 2.24) is 9.13 Å². The zero-order valence-corrected chi connectivity index (χ0v) is 30.5. The summed E-state index contributed by atoms with van der Waals surface area (Å²) in [6.45, 7) is 0. The van der Waals surface area contributed by atoms with E-state index in [-0.39, 0.29) is 0 Å². The van der Waals surface area contributed by atoms with E-state index in [1.54, 1.807) is 0 Å². The standard InChI is InChI=1S/C54H34N2/c1-3-15-35(16-4-1)37-27-29-51-46(31-37)43-22-11-13-25-49(43)55(51)39-33-48-42-21-8-7-19-40(42)41-20-9-10-24-45(41)54(48)53(34-39)56-50-26-14-12-23-44(50)47-32-38(28-30-52(47)56)36-17-5-2-6-18-36/h1-34H. The molecule has 0 saturated heterocycles. The molecule has 0 amide bonds. The van der Waals surface area contributed by atoms with Crippen LogP contribution in [0.2, 0.25) is 0 Å². The molecule has 10 aromatic carbocycles. The maximum absolute atomic E-state index is 2.52. The van der Waals surface area contributed by atoms with Crippen molar-refractivity contribution < 1.29 is 0 Å². The van der Waals surface area contributed by atoms with Crippen molar-refractivity contribution >= 4 is 75.9 Å². The first-order chi connectivity index (χ1) is 27.8. The minimum Gasteiger partial charge on any atom is -0.309 e. The van der Waals surface area contributed by atoms with Gasteiger partial charge < -0.3 is 9.13 Å². The van der Waals surface area contributed by atoms with E-state index < -0.39 is 0 Å². The second-order valence-electron chi connectivity index (χ2n) is 14.9. The second-order valence-corrected chi connectivity index (χ2v) is 14.9. The number of aromatic nitrogens is 2. The van der Waals surface area contributed by atoms with E-state index >= 15 is 0 Å². The molecular weight excluding hydrogens is 677 g/mol. The highest BCUT2D eigenvalue weighted by atomic mass is 15.0. The van der Waals surface area contributed by atoms with E-state index in [2.05, 4.69) is 215 Å². The summed E-state index contributed by atoms with van der Waals surface area (Å²) in [6, 6.07) is 75.9. The fourth-order valence-corrected chi connectivity index (χ4v) is 9.41. The molecule has 0 radical (unpaired) electrons. The number of hydrogen-bond donors (Lipinski definition) is 0. The molecule has 12 rings (SSSR count). The van der Waals surface area contributed by atoms with Gasteiger partial charge in [0.15, 0.2) is 0 Å². The molecule has 0 unspecified atom stereocenters. The Balaban J connectivity index is 1.24. The molecule has 12 aromatic rings. The van der Waals surface area contributed by atoms with Gasteiger partial charge in [0.2, 0.25) is 0 Å². The van der Waals surface area contributed by atoms with Gasteiger partial charge in [0.05, 0.1) is 27.8 Å². The first-order valence-corrected chi connectivity index (χ1v) is 19.4. The van der Waals surface area contributed by atoms with Gasteiger partial charge in [-0.3, -0.25) is 0 Å². The van der Waals surface area contributed by atoms with Crippen LogP contribution in [-0.2, 0) is 0 Å². The van der Waals surface area contributed by atoms with Crippen molar-refractivity contribution in [3.8, 4) is 33.6 Å². The average molecular weight is 711 g/mol. The fraction of sp³-hybridized carbons (Fsp3) is 0. The predicted octanol–water partition coefficient (Wildman–Crippen LogP) is 14.7. The van der Waals surface area contributed by atoms with E-state index in [0.717, 1.165) is 5.69 Å². The number of hydrogen-bond acceptors (Lipinski definition) is 0. The molecule has 0 N–H and O–H groups in total. The quantitative estimate of drug-likeness (QED) is 0.161. The van der Waals surface area contributed by atoms with Crippen molar-refractivity contribution in [3.63, 3.8) is 0 Å². The summed E-state index contributed by atoms with van der Waals surface area (Å²) >= 11 is 0. The van der Waals surface area contributed by atoms with Crippen molar-refractivity contribution in [2.45, 2.75) is 0 Å². The maximum atomic E-state index is 2.52. The van der Waals surface area contributed by atoms with Crippen LogP contribution in [-0.4, -0.2) is 9.13 Å². The van der Waals surface area contributed by atoms with Gasteiger partial charge in [-0.25, -0.2) is 0 Å². The van der Waals surface area contributed by atoms with E-state index in [1.807, 2.05) is 0 Å². The summed E-state index contributed by atoms with van der Waals surface area (Å²) in [4.78, 5) is 0. The zero-order chi connectivity index (χ0) is 36.7. The van der Waals surface area contributed by atoms with Crippen molar-refractivity contribution in [3.05, 3.63) is 206 Å². The molecule has 2 nitrogen and oxygen atoms in total. The van der Waals surface area contributed by atoms with Crippen LogP contribution < -0.4 is 0 Å². The molecule has 0 bridgehead atoms. The van der Waals surface area contributed by atoms with E-state index in [0.29, 0.717) is 0 Å². The molecule has 0 aliphatic rings. The van der Waals surface area contributed by atoms with Crippen LogP contribution in [0.3, 0.4) is 0 Å². The molecule has 0 atom stereocenters. The molecule has 0 aliphatic carbocycles. The fourth-order valence-electron chi connectivity index (χ4n) is 9.41.